The molecule has 0 rings (SSSR count). The molecule has 5 atom stereocenters. The fourth-order valence-electron chi connectivity index (χ4n) is 2.12. The van der Waals surface area contributed by atoms with Gasteiger partial charge in [-0.15, -0.1) is 0 Å². The average molecular weight is 403 g/mol. The SMILES string of the molecule is CCC(C)C(NC(=O)C(C)NC(=O)C(CO)NC(=O)C(N)CC(N)=O)C(=O)O. The number of hydrogen-bond donors (Lipinski definition) is 7. The summed E-state index contributed by atoms with van der Waals surface area (Å²) in [6.07, 6.45) is 0.0682. The zero-order valence-corrected chi connectivity index (χ0v) is 16.1. The van der Waals surface area contributed by atoms with E-state index in [-0.39, 0.29) is 5.92 Å². The number of rotatable bonds is 12. The molecule has 0 aromatic carbocycles. The third kappa shape index (κ3) is 8.31. The molecule has 9 N–H and O–H groups in total. The Bertz CT molecular complexity index is 598. The molecule has 0 saturated heterocycles. The predicted octanol–water partition coefficient (Wildman–Crippen LogP) is -3.21. The van der Waals surface area contributed by atoms with E-state index in [4.69, 9.17) is 11.5 Å². The minimum Gasteiger partial charge on any atom is -0.480 e. The molecule has 0 radical (unpaired) electrons. The van der Waals surface area contributed by atoms with Crippen LogP contribution in [0.15, 0.2) is 0 Å². The van der Waals surface area contributed by atoms with Crippen LogP contribution in [0, 0.1) is 5.92 Å². The second kappa shape index (κ2) is 11.9. The first kappa shape index (κ1) is 25.3. The smallest absolute Gasteiger partial charge is 0.326 e. The largest absolute Gasteiger partial charge is 0.480 e. The van der Waals surface area contributed by atoms with Crippen LogP contribution in [0.25, 0.3) is 0 Å². The van der Waals surface area contributed by atoms with E-state index in [0.29, 0.717) is 6.42 Å². The van der Waals surface area contributed by atoms with E-state index in [1.54, 1.807) is 13.8 Å². The van der Waals surface area contributed by atoms with E-state index in [1.807, 2.05) is 0 Å². The Morgan fingerprint density at radius 1 is 0.964 bits per heavy atom. The summed E-state index contributed by atoms with van der Waals surface area (Å²) < 4.78 is 0. The molecule has 12 heteroatoms. The molecular weight excluding hydrogens is 374 g/mol. The van der Waals surface area contributed by atoms with Crippen LogP contribution in [0.5, 0.6) is 0 Å². The summed E-state index contributed by atoms with van der Waals surface area (Å²) in [7, 11) is 0. The van der Waals surface area contributed by atoms with Crippen LogP contribution in [-0.2, 0) is 24.0 Å². The van der Waals surface area contributed by atoms with Gasteiger partial charge < -0.3 is 37.6 Å². The number of carboxylic acids is 1. The minimum absolute atomic E-state index is 0.333. The lowest BCUT2D eigenvalue weighted by Crippen LogP contribution is -2.58. The minimum atomic E-state index is -1.42. The van der Waals surface area contributed by atoms with Gasteiger partial charge in [-0.1, -0.05) is 20.3 Å². The number of aliphatic hydroxyl groups excluding tert-OH is 1. The Balaban J connectivity index is 4.86. The van der Waals surface area contributed by atoms with Crippen LogP contribution >= 0.6 is 0 Å². The van der Waals surface area contributed by atoms with Crippen LogP contribution in [0.2, 0.25) is 0 Å². The molecule has 0 aliphatic carbocycles. The van der Waals surface area contributed by atoms with Gasteiger partial charge in [0.05, 0.1) is 19.1 Å². The number of aliphatic hydroxyl groups is 1. The molecular formula is C16H29N5O7. The van der Waals surface area contributed by atoms with Crippen molar-refractivity contribution in [2.45, 2.75) is 57.8 Å². The molecule has 0 heterocycles. The highest BCUT2D eigenvalue weighted by atomic mass is 16.4. The Morgan fingerprint density at radius 3 is 1.96 bits per heavy atom. The monoisotopic (exact) mass is 403 g/mol. The third-order valence-corrected chi connectivity index (χ3v) is 4.10. The van der Waals surface area contributed by atoms with Crippen molar-refractivity contribution >= 4 is 29.6 Å². The van der Waals surface area contributed by atoms with Crippen LogP contribution < -0.4 is 27.4 Å². The molecule has 0 spiro atoms. The van der Waals surface area contributed by atoms with Crippen molar-refractivity contribution in [3.8, 4) is 0 Å². The van der Waals surface area contributed by atoms with Crippen molar-refractivity contribution in [1.29, 1.82) is 0 Å². The van der Waals surface area contributed by atoms with Crippen molar-refractivity contribution in [2.24, 2.45) is 17.4 Å². The van der Waals surface area contributed by atoms with Crippen LogP contribution in [-0.4, -0.2) is 70.6 Å². The van der Waals surface area contributed by atoms with Crippen molar-refractivity contribution in [2.75, 3.05) is 6.61 Å². The predicted molar refractivity (Wildman–Crippen MR) is 97.4 cm³/mol. The van der Waals surface area contributed by atoms with E-state index in [2.05, 4.69) is 16.0 Å². The van der Waals surface area contributed by atoms with E-state index in [9.17, 15) is 34.2 Å². The highest BCUT2D eigenvalue weighted by Gasteiger charge is 2.30. The molecule has 0 aliphatic rings. The first-order valence-corrected chi connectivity index (χ1v) is 8.73. The summed E-state index contributed by atoms with van der Waals surface area (Å²) in [6, 6.07) is -4.99. The molecule has 0 fully saturated rings. The fraction of sp³-hybridized carbons (Fsp3) is 0.688. The number of aliphatic carboxylic acids is 1. The topological polar surface area (TPSA) is 214 Å². The average Bonchev–Trinajstić information content (AvgIpc) is 2.61. The normalized spacial score (nSPS) is 16.0. The highest BCUT2D eigenvalue weighted by molar-refractivity contribution is 5.94. The third-order valence-electron chi connectivity index (χ3n) is 4.10. The van der Waals surface area contributed by atoms with Crippen molar-refractivity contribution in [3.63, 3.8) is 0 Å². The first-order chi connectivity index (χ1) is 12.9. The number of hydrogen-bond acceptors (Lipinski definition) is 7. The molecule has 4 amide bonds. The van der Waals surface area contributed by atoms with E-state index in [0.717, 1.165) is 0 Å². The lowest BCUT2D eigenvalue weighted by Gasteiger charge is -2.24. The Hall–Kier alpha value is -2.73. The lowest BCUT2D eigenvalue weighted by molar-refractivity contribution is -0.143. The summed E-state index contributed by atoms with van der Waals surface area (Å²) in [5, 5.41) is 25.2. The van der Waals surface area contributed by atoms with Crippen molar-refractivity contribution < 1.29 is 34.2 Å². The second-order valence-corrected chi connectivity index (χ2v) is 6.46. The molecule has 0 saturated carbocycles. The van der Waals surface area contributed by atoms with Gasteiger partial charge in [0, 0.05) is 0 Å². The molecule has 160 valence electrons. The summed E-state index contributed by atoms with van der Waals surface area (Å²) >= 11 is 0. The summed E-state index contributed by atoms with van der Waals surface area (Å²) in [5.74, 6) is -4.86. The second-order valence-electron chi connectivity index (χ2n) is 6.46. The number of primary amides is 1. The van der Waals surface area contributed by atoms with Gasteiger partial charge in [0.1, 0.15) is 18.1 Å². The number of carbonyl (C=O) groups excluding carboxylic acids is 4. The maximum absolute atomic E-state index is 12.2. The maximum atomic E-state index is 12.2. The van der Waals surface area contributed by atoms with Gasteiger partial charge in [0.2, 0.25) is 23.6 Å². The van der Waals surface area contributed by atoms with Gasteiger partial charge in [-0.2, -0.15) is 0 Å². The number of carboxylic acid groups (broad SMARTS) is 1. The van der Waals surface area contributed by atoms with Crippen LogP contribution in [0.1, 0.15) is 33.6 Å². The number of carbonyl (C=O) groups is 5. The van der Waals surface area contributed by atoms with Crippen molar-refractivity contribution in [1.82, 2.24) is 16.0 Å². The Morgan fingerprint density at radius 2 is 1.54 bits per heavy atom. The number of amides is 4. The maximum Gasteiger partial charge on any atom is 0.326 e. The summed E-state index contributed by atoms with van der Waals surface area (Å²) in [4.78, 5) is 58.2. The number of nitrogens with two attached hydrogens (primary N) is 2. The first-order valence-electron chi connectivity index (χ1n) is 8.73. The highest BCUT2D eigenvalue weighted by Crippen LogP contribution is 2.08. The summed E-state index contributed by atoms with van der Waals surface area (Å²) in [5.41, 5.74) is 10.4. The van der Waals surface area contributed by atoms with Gasteiger partial charge in [-0.25, -0.2) is 4.79 Å². The molecule has 28 heavy (non-hydrogen) atoms. The fourth-order valence-corrected chi connectivity index (χ4v) is 2.12. The molecule has 0 bridgehead atoms. The summed E-state index contributed by atoms with van der Waals surface area (Å²) in [6.45, 7) is 3.96. The molecule has 12 nitrogen and oxygen atoms in total. The van der Waals surface area contributed by atoms with Gasteiger partial charge in [-0.3, -0.25) is 19.2 Å². The van der Waals surface area contributed by atoms with Crippen LogP contribution in [0.4, 0.5) is 0 Å². The number of nitrogens with one attached hydrogen (secondary N) is 3. The standard InChI is InChI=1S/C16H29N5O7/c1-4-7(2)12(16(27)28)21-13(24)8(3)19-15(26)10(6-22)20-14(25)9(17)5-11(18)23/h7-10,12,22H,4-6,17H2,1-3H3,(H2,18,23)(H,19,26)(H,20,25)(H,21,24)(H,27,28). The van der Waals surface area contributed by atoms with Gasteiger partial charge in [0.25, 0.3) is 0 Å². The van der Waals surface area contributed by atoms with Gasteiger partial charge in [0.15, 0.2) is 0 Å². The quantitative estimate of drug-likeness (QED) is 0.175. The van der Waals surface area contributed by atoms with E-state index < -0.39 is 66.8 Å². The van der Waals surface area contributed by atoms with E-state index >= 15 is 0 Å². The zero-order chi connectivity index (χ0) is 22.0. The van der Waals surface area contributed by atoms with Gasteiger partial charge >= 0.3 is 5.97 Å². The zero-order valence-electron chi connectivity index (χ0n) is 16.1. The lowest BCUT2D eigenvalue weighted by atomic mass is 9.99. The van der Waals surface area contributed by atoms with Crippen molar-refractivity contribution in [3.05, 3.63) is 0 Å². The van der Waals surface area contributed by atoms with E-state index in [1.165, 1.54) is 6.92 Å². The van der Waals surface area contributed by atoms with Gasteiger partial charge in [-0.05, 0) is 12.8 Å². The molecule has 0 aromatic rings. The molecule has 0 aromatic heterocycles. The molecule has 5 unspecified atom stereocenters. The Labute approximate surface area is 162 Å². The molecule has 0 aliphatic heterocycles. The van der Waals surface area contributed by atoms with Crippen LogP contribution in [0.3, 0.4) is 0 Å². The Kier molecular flexibility index (Phi) is 10.7.